The molecule has 0 amide bonds. The van der Waals surface area contributed by atoms with Crippen LogP contribution in [-0.2, 0) is 17.5 Å². The monoisotopic (exact) mass is 424 g/mol. The second-order valence-electron chi connectivity index (χ2n) is 10.3. The molecule has 3 aliphatic rings. The number of rotatable bonds is 3. The third-order valence-corrected chi connectivity index (χ3v) is 8.59. The molecule has 5 atom stereocenters. The Hall–Kier alpha value is -1.33. The quantitative estimate of drug-likeness (QED) is 0.543. The molecule has 0 spiro atoms. The molecule has 30 heavy (non-hydrogen) atoms. The third kappa shape index (κ3) is 4.34. The van der Waals surface area contributed by atoms with E-state index in [4.69, 9.17) is 0 Å². The van der Waals surface area contributed by atoms with Crippen molar-refractivity contribution in [2.45, 2.75) is 96.7 Å². The van der Waals surface area contributed by atoms with E-state index >= 15 is 0 Å². The van der Waals surface area contributed by atoms with Crippen LogP contribution in [0.4, 0.5) is 13.2 Å². The molecular formula is C24H35F3N2O. The molecule has 0 aliphatic heterocycles. The van der Waals surface area contributed by atoms with Crippen molar-refractivity contribution in [2.75, 3.05) is 0 Å². The first-order valence-corrected chi connectivity index (χ1v) is 11.9. The van der Waals surface area contributed by atoms with Gasteiger partial charge < -0.3 is 0 Å². The summed E-state index contributed by atoms with van der Waals surface area (Å²) in [5.74, 6) is 2.14. The number of aromatic nitrogens is 2. The van der Waals surface area contributed by atoms with E-state index < -0.39 is 11.9 Å². The molecule has 3 aliphatic carbocycles. The Morgan fingerprint density at radius 3 is 2.47 bits per heavy atom. The van der Waals surface area contributed by atoms with Crippen LogP contribution in [0.15, 0.2) is 12.3 Å². The number of carbonyl (C=O) groups excluding carboxylic acids is 1. The number of Topliss-reactive ketones (excluding diaryl/α,β-unsaturated/α-hetero) is 1. The SMILES string of the molecule is CC12CCC3CCCCCCCCC3C1CCC2C(=O)Cn1ccc(C(F)(F)F)n1. The Balaban J connectivity index is 1.46. The number of halogens is 3. The van der Waals surface area contributed by atoms with Crippen LogP contribution in [0.1, 0.15) is 89.7 Å². The fourth-order valence-electron chi connectivity index (χ4n) is 7.05. The molecule has 1 aromatic heterocycles. The number of nitrogens with zero attached hydrogens (tertiary/aromatic N) is 2. The van der Waals surface area contributed by atoms with Crippen LogP contribution < -0.4 is 0 Å². The van der Waals surface area contributed by atoms with Gasteiger partial charge in [-0.1, -0.05) is 51.9 Å². The second-order valence-corrected chi connectivity index (χ2v) is 10.3. The van der Waals surface area contributed by atoms with Crippen LogP contribution in [0.25, 0.3) is 0 Å². The van der Waals surface area contributed by atoms with Crippen LogP contribution in [0.3, 0.4) is 0 Å². The van der Waals surface area contributed by atoms with Crippen LogP contribution in [0, 0.1) is 29.1 Å². The zero-order valence-corrected chi connectivity index (χ0v) is 18.1. The Morgan fingerprint density at radius 1 is 1.07 bits per heavy atom. The van der Waals surface area contributed by atoms with E-state index in [2.05, 4.69) is 12.0 Å². The van der Waals surface area contributed by atoms with E-state index in [0.717, 1.165) is 37.2 Å². The van der Waals surface area contributed by atoms with Crippen molar-refractivity contribution in [1.82, 2.24) is 9.78 Å². The lowest BCUT2D eigenvalue weighted by atomic mass is 9.56. The van der Waals surface area contributed by atoms with Crippen molar-refractivity contribution in [2.24, 2.45) is 29.1 Å². The van der Waals surface area contributed by atoms with Crippen LogP contribution in [0.5, 0.6) is 0 Å². The molecule has 1 heterocycles. The summed E-state index contributed by atoms with van der Waals surface area (Å²) in [6.45, 7) is 2.25. The van der Waals surface area contributed by atoms with Crippen molar-refractivity contribution in [3.63, 3.8) is 0 Å². The van der Waals surface area contributed by atoms with Crippen molar-refractivity contribution in [3.8, 4) is 0 Å². The molecule has 5 unspecified atom stereocenters. The molecular weight excluding hydrogens is 389 g/mol. The van der Waals surface area contributed by atoms with Crippen LogP contribution >= 0.6 is 0 Å². The third-order valence-electron chi connectivity index (χ3n) is 8.59. The molecule has 3 nitrogen and oxygen atoms in total. The minimum absolute atomic E-state index is 0.00236. The van der Waals surface area contributed by atoms with Crippen molar-refractivity contribution in [3.05, 3.63) is 18.0 Å². The predicted octanol–water partition coefficient (Wildman–Crippen LogP) is 6.66. The zero-order valence-electron chi connectivity index (χ0n) is 18.1. The first-order valence-electron chi connectivity index (χ1n) is 11.9. The van der Waals surface area contributed by atoms with Crippen molar-refractivity contribution in [1.29, 1.82) is 0 Å². The highest BCUT2D eigenvalue weighted by atomic mass is 19.4. The lowest BCUT2D eigenvalue weighted by Gasteiger charge is -2.49. The Bertz CT molecular complexity index is 743. The van der Waals surface area contributed by atoms with Crippen LogP contribution in [-0.4, -0.2) is 15.6 Å². The van der Waals surface area contributed by atoms with Gasteiger partial charge >= 0.3 is 6.18 Å². The standard InChI is InChI=1S/C24H35F3N2O/c1-23-14-12-17-8-6-4-2-3-5-7-9-18(17)19(23)10-11-20(23)21(30)16-29-15-13-22(28-29)24(25,26)27/h13,15,17-20H,2-12,14,16H2,1H3. The van der Waals surface area contributed by atoms with Gasteiger partial charge in [0.1, 0.15) is 0 Å². The Labute approximate surface area is 177 Å². The maximum absolute atomic E-state index is 13.2. The maximum Gasteiger partial charge on any atom is 0.435 e. The van der Waals surface area contributed by atoms with Gasteiger partial charge in [-0.3, -0.25) is 9.48 Å². The van der Waals surface area contributed by atoms with Crippen molar-refractivity contribution < 1.29 is 18.0 Å². The average molecular weight is 425 g/mol. The summed E-state index contributed by atoms with van der Waals surface area (Å²) in [4.78, 5) is 13.2. The number of fused-ring (bicyclic) bond motifs is 3. The Kier molecular flexibility index (Phi) is 6.32. The van der Waals surface area contributed by atoms with E-state index in [0.29, 0.717) is 5.92 Å². The molecule has 168 valence electrons. The topological polar surface area (TPSA) is 34.9 Å². The molecule has 3 fully saturated rings. The van der Waals surface area contributed by atoms with E-state index in [1.54, 1.807) is 0 Å². The highest BCUT2D eigenvalue weighted by Crippen LogP contribution is 2.61. The summed E-state index contributed by atoms with van der Waals surface area (Å²) in [5, 5.41) is 3.60. The van der Waals surface area contributed by atoms with Gasteiger partial charge in [-0.2, -0.15) is 18.3 Å². The second kappa shape index (κ2) is 8.66. The largest absolute Gasteiger partial charge is 0.435 e. The molecule has 0 aromatic carbocycles. The predicted molar refractivity (Wildman–Crippen MR) is 110 cm³/mol. The van der Waals surface area contributed by atoms with E-state index in [1.807, 2.05) is 0 Å². The van der Waals surface area contributed by atoms with Gasteiger partial charge in [0.25, 0.3) is 0 Å². The molecule has 4 rings (SSSR count). The maximum atomic E-state index is 13.2. The molecule has 1 aromatic rings. The van der Waals surface area contributed by atoms with Gasteiger partial charge in [-0.05, 0) is 61.3 Å². The van der Waals surface area contributed by atoms with Gasteiger partial charge in [-0.15, -0.1) is 0 Å². The minimum atomic E-state index is -4.47. The molecule has 6 heteroatoms. The molecule has 0 N–H and O–H groups in total. The number of ketones is 1. The lowest BCUT2D eigenvalue weighted by Crippen LogP contribution is -2.44. The summed E-state index contributed by atoms with van der Waals surface area (Å²) in [5.41, 5.74) is -0.921. The highest BCUT2D eigenvalue weighted by molar-refractivity contribution is 5.82. The van der Waals surface area contributed by atoms with Gasteiger partial charge in [0.05, 0.1) is 6.54 Å². The van der Waals surface area contributed by atoms with E-state index in [-0.39, 0.29) is 23.7 Å². The fraction of sp³-hybridized carbons (Fsp3) is 0.833. The summed E-state index contributed by atoms with van der Waals surface area (Å²) in [6.07, 6.45) is 11.8. The number of alkyl halides is 3. The highest BCUT2D eigenvalue weighted by Gasteiger charge is 2.55. The van der Waals surface area contributed by atoms with E-state index in [1.165, 1.54) is 68.7 Å². The van der Waals surface area contributed by atoms with Gasteiger partial charge in [0, 0.05) is 12.1 Å². The Morgan fingerprint density at radius 2 is 1.77 bits per heavy atom. The first-order chi connectivity index (χ1) is 14.3. The van der Waals surface area contributed by atoms with Crippen molar-refractivity contribution >= 4 is 5.78 Å². The molecule has 0 bridgehead atoms. The normalized spacial score (nSPS) is 35.5. The molecule has 0 radical (unpaired) electrons. The fourth-order valence-corrected chi connectivity index (χ4v) is 7.05. The summed E-state index contributed by atoms with van der Waals surface area (Å²) in [7, 11) is 0. The average Bonchev–Trinajstić information content (AvgIpc) is 3.29. The smallest absolute Gasteiger partial charge is 0.297 e. The zero-order chi connectivity index (χ0) is 21.4. The first kappa shape index (κ1) is 21.9. The summed E-state index contributed by atoms with van der Waals surface area (Å²) in [6, 6.07) is 0.956. The summed E-state index contributed by atoms with van der Waals surface area (Å²) >= 11 is 0. The molecule has 0 saturated heterocycles. The number of hydrogen-bond acceptors (Lipinski definition) is 2. The number of hydrogen-bond donors (Lipinski definition) is 0. The number of carbonyl (C=O) groups is 1. The minimum Gasteiger partial charge on any atom is -0.297 e. The molecule has 3 saturated carbocycles. The van der Waals surface area contributed by atoms with Gasteiger partial charge in [0.2, 0.25) is 0 Å². The van der Waals surface area contributed by atoms with E-state index in [9.17, 15) is 18.0 Å². The lowest BCUT2D eigenvalue weighted by molar-refractivity contribution is -0.142. The van der Waals surface area contributed by atoms with Gasteiger partial charge in [0.15, 0.2) is 11.5 Å². The van der Waals surface area contributed by atoms with Gasteiger partial charge in [-0.25, -0.2) is 0 Å². The summed E-state index contributed by atoms with van der Waals surface area (Å²) < 4.78 is 39.7. The van der Waals surface area contributed by atoms with Crippen LogP contribution in [0.2, 0.25) is 0 Å².